The van der Waals surface area contributed by atoms with Gasteiger partial charge in [-0.1, -0.05) is 13.5 Å². The molecule has 0 aliphatic heterocycles. The lowest BCUT2D eigenvalue weighted by molar-refractivity contribution is 0.346. The van der Waals surface area contributed by atoms with Gasteiger partial charge in [0.05, 0.1) is 0 Å². The van der Waals surface area contributed by atoms with Crippen LogP contribution in [-0.4, -0.2) is 12.6 Å². The normalized spacial score (nSPS) is 12.2. The fraction of sp³-hybridized carbons (Fsp3) is 0.429. The molecule has 0 bridgehead atoms. The van der Waals surface area contributed by atoms with Crippen LogP contribution in [0.3, 0.4) is 0 Å². The molecule has 2 nitrogen and oxygen atoms in total. The number of halogens is 1. The highest BCUT2D eigenvalue weighted by Gasteiger charge is 2.04. The Bertz CT molecular complexity index is 388. The molecule has 0 fully saturated rings. The van der Waals surface area contributed by atoms with Gasteiger partial charge in [0.2, 0.25) is 0 Å². The minimum Gasteiger partial charge on any atom is -0.489 e. The Morgan fingerprint density at radius 2 is 2.18 bits per heavy atom. The zero-order chi connectivity index (χ0) is 12.8. The molecule has 3 heteroatoms. The van der Waals surface area contributed by atoms with Gasteiger partial charge in [0, 0.05) is 12.1 Å². The van der Waals surface area contributed by atoms with Gasteiger partial charge in [0.15, 0.2) is 0 Å². The van der Waals surface area contributed by atoms with Crippen LogP contribution in [-0.2, 0) is 6.42 Å². The smallest absolute Gasteiger partial charge is 0.127 e. The molecule has 1 aromatic rings. The van der Waals surface area contributed by atoms with E-state index in [1.165, 1.54) is 12.1 Å². The summed E-state index contributed by atoms with van der Waals surface area (Å²) in [5.41, 5.74) is 7.54. The van der Waals surface area contributed by atoms with Gasteiger partial charge in [-0.2, -0.15) is 0 Å². The van der Waals surface area contributed by atoms with Crippen LogP contribution in [0.25, 0.3) is 0 Å². The van der Waals surface area contributed by atoms with E-state index in [1.54, 1.807) is 0 Å². The fourth-order valence-corrected chi connectivity index (χ4v) is 1.48. The van der Waals surface area contributed by atoms with E-state index in [9.17, 15) is 4.39 Å². The van der Waals surface area contributed by atoms with E-state index in [0.29, 0.717) is 18.8 Å². The van der Waals surface area contributed by atoms with Crippen molar-refractivity contribution in [2.24, 2.45) is 5.73 Å². The summed E-state index contributed by atoms with van der Waals surface area (Å²) in [4.78, 5) is 0. The molecule has 2 N–H and O–H groups in total. The average molecular weight is 237 g/mol. The molecule has 1 aromatic carbocycles. The van der Waals surface area contributed by atoms with Crippen LogP contribution in [0.15, 0.2) is 30.4 Å². The molecule has 0 saturated carbocycles. The molecule has 1 rings (SSSR count). The second kappa shape index (κ2) is 6.40. The molecule has 0 spiro atoms. The van der Waals surface area contributed by atoms with Gasteiger partial charge in [-0.05, 0) is 43.0 Å². The third kappa shape index (κ3) is 5.00. The summed E-state index contributed by atoms with van der Waals surface area (Å²) in [6.07, 6.45) is 1.50. The summed E-state index contributed by atoms with van der Waals surface area (Å²) < 4.78 is 18.8. The first-order chi connectivity index (χ1) is 8.01. The van der Waals surface area contributed by atoms with Gasteiger partial charge >= 0.3 is 0 Å². The minimum absolute atomic E-state index is 0.00950. The standard InChI is InChI=1S/C14H20FNO/c1-4-10(2)9-17-14-7-12(5-11(3)16)6-13(15)8-14/h6-8,11H,2,4-5,9,16H2,1,3H3. The summed E-state index contributed by atoms with van der Waals surface area (Å²) in [5, 5.41) is 0. The number of ether oxygens (including phenoxy) is 1. The molecule has 0 saturated heterocycles. The summed E-state index contributed by atoms with van der Waals surface area (Å²) in [6, 6.07) is 4.71. The first-order valence-corrected chi connectivity index (χ1v) is 5.85. The number of rotatable bonds is 6. The Hall–Kier alpha value is -1.35. The minimum atomic E-state index is -0.291. The van der Waals surface area contributed by atoms with Crippen molar-refractivity contribution in [2.45, 2.75) is 32.7 Å². The van der Waals surface area contributed by atoms with Gasteiger partial charge < -0.3 is 10.5 Å². The van der Waals surface area contributed by atoms with Crippen LogP contribution in [0.4, 0.5) is 4.39 Å². The summed E-state index contributed by atoms with van der Waals surface area (Å²) in [6.45, 7) is 8.18. The van der Waals surface area contributed by atoms with Gasteiger partial charge in [0.25, 0.3) is 0 Å². The summed E-state index contributed by atoms with van der Waals surface area (Å²) in [7, 11) is 0. The van der Waals surface area contributed by atoms with Crippen LogP contribution >= 0.6 is 0 Å². The SMILES string of the molecule is C=C(CC)COc1cc(F)cc(CC(C)N)c1. The average Bonchev–Trinajstić information content (AvgIpc) is 2.24. The molecule has 0 aromatic heterocycles. The molecule has 94 valence electrons. The number of hydrogen-bond donors (Lipinski definition) is 1. The topological polar surface area (TPSA) is 35.2 Å². The molecule has 1 atom stereocenters. The molecule has 0 radical (unpaired) electrons. The lowest BCUT2D eigenvalue weighted by Crippen LogP contribution is -2.17. The lowest BCUT2D eigenvalue weighted by Gasteiger charge is -2.10. The lowest BCUT2D eigenvalue weighted by atomic mass is 10.1. The van der Waals surface area contributed by atoms with Gasteiger partial charge in [0.1, 0.15) is 18.2 Å². The van der Waals surface area contributed by atoms with E-state index >= 15 is 0 Å². The molecular formula is C14H20FNO. The van der Waals surface area contributed by atoms with Crippen molar-refractivity contribution in [3.63, 3.8) is 0 Å². The van der Waals surface area contributed by atoms with Crippen LogP contribution < -0.4 is 10.5 Å². The molecule has 1 unspecified atom stereocenters. The van der Waals surface area contributed by atoms with Crippen molar-refractivity contribution in [3.05, 3.63) is 41.7 Å². The van der Waals surface area contributed by atoms with Crippen molar-refractivity contribution in [1.29, 1.82) is 0 Å². The Labute approximate surface area is 102 Å². The number of nitrogens with two attached hydrogens (primary N) is 1. The Kier molecular flexibility index (Phi) is 5.16. The predicted molar refractivity (Wildman–Crippen MR) is 68.7 cm³/mol. The van der Waals surface area contributed by atoms with Crippen LogP contribution in [0.5, 0.6) is 5.75 Å². The van der Waals surface area contributed by atoms with E-state index in [4.69, 9.17) is 10.5 Å². The highest BCUT2D eigenvalue weighted by atomic mass is 19.1. The largest absolute Gasteiger partial charge is 0.489 e. The van der Waals surface area contributed by atoms with Crippen LogP contribution in [0.1, 0.15) is 25.8 Å². The van der Waals surface area contributed by atoms with E-state index in [-0.39, 0.29) is 11.9 Å². The van der Waals surface area contributed by atoms with Gasteiger partial charge in [-0.15, -0.1) is 0 Å². The van der Waals surface area contributed by atoms with E-state index in [1.807, 2.05) is 19.9 Å². The fourth-order valence-electron chi connectivity index (χ4n) is 1.48. The monoisotopic (exact) mass is 237 g/mol. The Balaban J connectivity index is 2.71. The zero-order valence-corrected chi connectivity index (χ0v) is 10.5. The van der Waals surface area contributed by atoms with Crippen molar-refractivity contribution >= 4 is 0 Å². The van der Waals surface area contributed by atoms with E-state index in [0.717, 1.165) is 17.6 Å². The quantitative estimate of drug-likeness (QED) is 0.772. The van der Waals surface area contributed by atoms with Gasteiger partial charge in [-0.25, -0.2) is 4.39 Å². The first-order valence-electron chi connectivity index (χ1n) is 5.85. The molecular weight excluding hydrogens is 217 g/mol. The highest BCUT2D eigenvalue weighted by Crippen LogP contribution is 2.18. The van der Waals surface area contributed by atoms with Crippen molar-refractivity contribution in [3.8, 4) is 5.75 Å². The van der Waals surface area contributed by atoms with Gasteiger partial charge in [-0.3, -0.25) is 0 Å². The molecule has 0 amide bonds. The highest BCUT2D eigenvalue weighted by molar-refractivity contribution is 5.30. The van der Waals surface area contributed by atoms with Crippen LogP contribution in [0, 0.1) is 5.82 Å². The Morgan fingerprint density at radius 1 is 1.47 bits per heavy atom. The van der Waals surface area contributed by atoms with E-state index in [2.05, 4.69) is 6.58 Å². The maximum Gasteiger partial charge on any atom is 0.127 e. The molecule has 0 heterocycles. The maximum absolute atomic E-state index is 13.3. The van der Waals surface area contributed by atoms with E-state index < -0.39 is 0 Å². The summed E-state index contributed by atoms with van der Waals surface area (Å²) >= 11 is 0. The maximum atomic E-state index is 13.3. The third-order valence-corrected chi connectivity index (χ3v) is 2.43. The van der Waals surface area contributed by atoms with Crippen LogP contribution in [0.2, 0.25) is 0 Å². The summed E-state index contributed by atoms with van der Waals surface area (Å²) in [5.74, 6) is 0.246. The first kappa shape index (κ1) is 13.7. The second-order valence-electron chi connectivity index (χ2n) is 4.37. The number of hydrogen-bond acceptors (Lipinski definition) is 2. The second-order valence-corrected chi connectivity index (χ2v) is 4.37. The number of benzene rings is 1. The van der Waals surface area contributed by atoms with Crippen molar-refractivity contribution in [2.75, 3.05) is 6.61 Å². The third-order valence-electron chi connectivity index (χ3n) is 2.43. The Morgan fingerprint density at radius 3 is 2.76 bits per heavy atom. The van der Waals surface area contributed by atoms with Crippen molar-refractivity contribution < 1.29 is 9.13 Å². The molecule has 0 aliphatic carbocycles. The molecule has 0 aliphatic rings. The predicted octanol–water partition coefficient (Wildman–Crippen LogP) is 3.06. The zero-order valence-electron chi connectivity index (χ0n) is 10.5. The van der Waals surface area contributed by atoms with Crippen molar-refractivity contribution in [1.82, 2.24) is 0 Å². The molecule has 17 heavy (non-hydrogen) atoms.